The normalized spacial score (nSPS) is 24.6. The fraction of sp³-hybridized carbons (Fsp3) is 0.478. The van der Waals surface area contributed by atoms with Crippen molar-refractivity contribution in [2.24, 2.45) is 5.92 Å². The Bertz CT molecular complexity index is 1010. The zero-order chi connectivity index (χ0) is 22.6. The van der Waals surface area contributed by atoms with Crippen molar-refractivity contribution in [1.82, 2.24) is 14.6 Å². The number of hydrogen-bond acceptors (Lipinski definition) is 6. The summed E-state index contributed by atoms with van der Waals surface area (Å²) in [7, 11) is -3.71. The van der Waals surface area contributed by atoms with E-state index in [1.165, 1.54) is 16.4 Å². The van der Waals surface area contributed by atoms with Crippen LogP contribution in [0.3, 0.4) is 0 Å². The Kier molecular flexibility index (Phi) is 7.07. The third kappa shape index (κ3) is 5.46. The van der Waals surface area contributed by atoms with Crippen LogP contribution >= 0.6 is 0 Å². The summed E-state index contributed by atoms with van der Waals surface area (Å²) >= 11 is 0. The second kappa shape index (κ2) is 9.97. The van der Waals surface area contributed by atoms with E-state index in [1.807, 2.05) is 0 Å². The molecule has 0 radical (unpaired) electrons. The van der Waals surface area contributed by atoms with E-state index in [2.05, 4.69) is 10.3 Å². The molecule has 1 atom stereocenters. The van der Waals surface area contributed by atoms with E-state index in [0.29, 0.717) is 43.7 Å². The molecule has 1 aromatic carbocycles. The quantitative estimate of drug-likeness (QED) is 0.688. The van der Waals surface area contributed by atoms with E-state index in [4.69, 9.17) is 4.74 Å². The van der Waals surface area contributed by atoms with Crippen LogP contribution in [0.15, 0.2) is 53.7 Å². The summed E-state index contributed by atoms with van der Waals surface area (Å²) in [6, 6.07) is 9.87. The van der Waals surface area contributed by atoms with Gasteiger partial charge in [0.2, 0.25) is 15.9 Å². The second-order valence-electron chi connectivity index (χ2n) is 8.48. The van der Waals surface area contributed by atoms with E-state index in [1.54, 1.807) is 36.7 Å². The Morgan fingerprint density at radius 1 is 1.06 bits per heavy atom. The van der Waals surface area contributed by atoms with E-state index in [0.717, 1.165) is 12.8 Å². The van der Waals surface area contributed by atoms with Gasteiger partial charge < -0.3 is 15.2 Å². The van der Waals surface area contributed by atoms with Gasteiger partial charge in [-0.25, -0.2) is 8.42 Å². The summed E-state index contributed by atoms with van der Waals surface area (Å²) < 4.78 is 33.4. The van der Waals surface area contributed by atoms with Crippen molar-refractivity contribution in [3.05, 3.63) is 48.8 Å². The number of aliphatic hydroxyl groups excluding tert-OH is 1. The van der Waals surface area contributed by atoms with Crippen molar-refractivity contribution in [3.8, 4) is 11.5 Å². The van der Waals surface area contributed by atoms with Crippen LogP contribution < -0.4 is 10.1 Å². The molecule has 2 aliphatic rings. The van der Waals surface area contributed by atoms with Gasteiger partial charge in [-0.15, -0.1) is 0 Å². The molecule has 1 aliphatic heterocycles. The van der Waals surface area contributed by atoms with Gasteiger partial charge in [0.15, 0.2) is 0 Å². The van der Waals surface area contributed by atoms with Gasteiger partial charge in [-0.05, 0) is 74.9 Å². The lowest BCUT2D eigenvalue weighted by molar-refractivity contribution is -0.127. The number of ether oxygens (including phenoxy) is 1. The number of aromatic nitrogens is 1. The van der Waals surface area contributed by atoms with Crippen molar-refractivity contribution >= 4 is 15.9 Å². The van der Waals surface area contributed by atoms with Gasteiger partial charge in [-0.3, -0.25) is 9.78 Å². The zero-order valence-electron chi connectivity index (χ0n) is 17.9. The summed E-state index contributed by atoms with van der Waals surface area (Å²) in [6.45, 7) is 0.577. The third-order valence-corrected chi connectivity index (χ3v) is 8.01. The number of nitrogens with zero attached hydrogens (tertiary/aromatic N) is 2. The number of amides is 1. The van der Waals surface area contributed by atoms with E-state index >= 15 is 0 Å². The molecular weight excluding hydrogens is 430 g/mol. The number of aliphatic hydroxyl groups is 1. The first-order valence-electron chi connectivity index (χ1n) is 11.1. The molecule has 2 fully saturated rings. The van der Waals surface area contributed by atoms with Crippen molar-refractivity contribution in [2.75, 3.05) is 13.1 Å². The van der Waals surface area contributed by atoms with Crippen LogP contribution in [0.2, 0.25) is 0 Å². The van der Waals surface area contributed by atoms with Gasteiger partial charge in [0.05, 0.1) is 23.1 Å². The van der Waals surface area contributed by atoms with Gasteiger partial charge in [-0.1, -0.05) is 0 Å². The molecule has 1 saturated carbocycles. The highest BCUT2D eigenvalue weighted by Gasteiger charge is 2.34. The maximum Gasteiger partial charge on any atom is 0.243 e. The van der Waals surface area contributed by atoms with Crippen LogP contribution in [-0.2, 0) is 14.8 Å². The van der Waals surface area contributed by atoms with Gasteiger partial charge >= 0.3 is 0 Å². The Morgan fingerprint density at radius 3 is 2.50 bits per heavy atom. The minimum absolute atomic E-state index is 0.0604. The lowest BCUT2D eigenvalue weighted by Crippen LogP contribution is -2.48. The van der Waals surface area contributed by atoms with Crippen LogP contribution in [0, 0.1) is 5.92 Å². The molecule has 1 aliphatic carbocycles. The number of benzene rings is 1. The SMILES string of the molecule is O=C(N[C@H]1CC[C@H](O)CC1)[C@H]1CCCN(S(=O)(=O)c2ccc(Oc3cccnc3)cc2)C1. The molecule has 32 heavy (non-hydrogen) atoms. The molecule has 1 amide bonds. The predicted octanol–water partition coefficient (Wildman–Crippen LogP) is 2.69. The predicted molar refractivity (Wildman–Crippen MR) is 119 cm³/mol. The first kappa shape index (κ1) is 22.7. The topological polar surface area (TPSA) is 109 Å². The van der Waals surface area contributed by atoms with Gasteiger partial charge in [-0.2, -0.15) is 4.31 Å². The summed E-state index contributed by atoms with van der Waals surface area (Å²) in [5.41, 5.74) is 0. The maximum absolute atomic E-state index is 13.2. The molecule has 0 bridgehead atoms. The fourth-order valence-corrected chi connectivity index (χ4v) is 5.81. The number of nitrogens with one attached hydrogen (secondary N) is 1. The number of hydrogen-bond donors (Lipinski definition) is 2. The number of sulfonamides is 1. The van der Waals surface area contributed by atoms with E-state index in [-0.39, 0.29) is 35.4 Å². The van der Waals surface area contributed by atoms with Crippen molar-refractivity contribution < 1.29 is 23.1 Å². The molecule has 2 N–H and O–H groups in total. The van der Waals surface area contributed by atoms with Crippen LogP contribution in [0.5, 0.6) is 11.5 Å². The Labute approximate surface area is 188 Å². The van der Waals surface area contributed by atoms with Gasteiger partial charge in [0.1, 0.15) is 11.5 Å². The molecule has 2 aromatic rings. The highest BCUT2D eigenvalue weighted by Crippen LogP contribution is 2.27. The summed E-state index contributed by atoms with van der Waals surface area (Å²) in [5.74, 6) is 0.635. The lowest BCUT2D eigenvalue weighted by Gasteiger charge is -2.33. The number of pyridine rings is 1. The summed E-state index contributed by atoms with van der Waals surface area (Å²) in [4.78, 5) is 16.9. The van der Waals surface area contributed by atoms with Gasteiger partial charge in [0, 0.05) is 25.3 Å². The number of rotatable bonds is 6. The highest BCUT2D eigenvalue weighted by atomic mass is 32.2. The molecule has 2 heterocycles. The molecule has 9 heteroatoms. The second-order valence-corrected chi connectivity index (χ2v) is 10.4. The first-order valence-corrected chi connectivity index (χ1v) is 12.5. The Hall–Kier alpha value is -2.49. The number of piperidine rings is 1. The van der Waals surface area contributed by atoms with Crippen LogP contribution in [-0.4, -0.2) is 54.0 Å². The number of carbonyl (C=O) groups is 1. The monoisotopic (exact) mass is 459 g/mol. The molecular formula is C23H29N3O5S. The first-order chi connectivity index (χ1) is 15.4. The molecule has 1 aromatic heterocycles. The molecule has 172 valence electrons. The van der Waals surface area contributed by atoms with E-state index in [9.17, 15) is 18.3 Å². The fourth-order valence-electron chi connectivity index (χ4n) is 4.29. The molecule has 1 saturated heterocycles. The standard InChI is InChI=1S/C23H29N3O5S/c27-19-7-5-18(6-8-19)25-23(28)17-3-2-14-26(16-17)32(29,30)22-11-9-20(10-12-22)31-21-4-1-13-24-15-21/h1,4,9-13,15,17-19,27H,2-3,5-8,14,16H2,(H,25,28)/t17-,18-,19-/m0/s1. The van der Waals surface area contributed by atoms with Crippen LogP contribution in [0.25, 0.3) is 0 Å². The summed E-state index contributed by atoms with van der Waals surface area (Å²) in [6.07, 6.45) is 7.16. The zero-order valence-corrected chi connectivity index (χ0v) is 18.7. The Morgan fingerprint density at radius 2 is 1.81 bits per heavy atom. The van der Waals surface area contributed by atoms with Crippen LogP contribution in [0.1, 0.15) is 38.5 Å². The van der Waals surface area contributed by atoms with Gasteiger partial charge in [0.25, 0.3) is 0 Å². The van der Waals surface area contributed by atoms with E-state index < -0.39 is 10.0 Å². The third-order valence-electron chi connectivity index (χ3n) is 6.13. The number of carbonyl (C=O) groups excluding carboxylic acids is 1. The lowest BCUT2D eigenvalue weighted by atomic mass is 9.92. The van der Waals surface area contributed by atoms with Crippen molar-refractivity contribution in [3.63, 3.8) is 0 Å². The minimum atomic E-state index is -3.71. The van der Waals surface area contributed by atoms with Crippen molar-refractivity contribution in [2.45, 2.75) is 55.6 Å². The molecule has 0 unspecified atom stereocenters. The summed E-state index contributed by atoms with van der Waals surface area (Å²) in [5, 5.41) is 12.7. The average molecular weight is 460 g/mol. The average Bonchev–Trinajstić information content (AvgIpc) is 2.82. The molecule has 0 spiro atoms. The smallest absolute Gasteiger partial charge is 0.243 e. The minimum Gasteiger partial charge on any atom is -0.456 e. The molecule has 8 nitrogen and oxygen atoms in total. The molecule has 4 rings (SSSR count). The van der Waals surface area contributed by atoms with Crippen LogP contribution in [0.4, 0.5) is 0 Å². The highest BCUT2D eigenvalue weighted by molar-refractivity contribution is 7.89. The Balaban J connectivity index is 1.38. The largest absolute Gasteiger partial charge is 0.456 e. The van der Waals surface area contributed by atoms with Crippen molar-refractivity contribution in [1.29, 1.82) is 0 Å². The maximum atomic E-state index is 13.2.